The minimum absolute atomic E-state index is 0.0193. The molecule has 0 aliphatic heterocycles. The smallest absolute Gasteiger partial charge is 0.416 e. The molecule has 0 aliphatic carbocycles. The highest BCUT2D eigenvalue weighted by Gasteiger charge is 2.31. The number of sulfonamides is 1. The Balaban J connectivity index is 1.99. The standard InChI is InChI=1S/C21H25F3N2O4S/c1-15(16-9-11-19(30-2)12-10-16)25-20(27)8-5-13-26(31(3,28)29)18-7-4-6-17(14-18)21(22,23)24/h4,6-7,9-12,14-15H,5,8,13H2,1-3H3,(H,25,27). The van der Waals surface area contributed by atoms with Crippen LogP contribution in [0.15, 0.2) is 48.5 Å². The maximum atomic E-state index is 13.0. The van der Waals surface area contributed by atoms with E-state index < -0.39 is 21.8 Å². The molecule has 0 aliphatic rings. The van der Waals surface area contributed by atoms with Crippen molar-refractivity contribution in [2.24, 2.45) is 0 Å². The van der Waals surface area contributed by atoms with E-state index in [2.05, 4.69) is 5.32 Å². The quantitative estimate of drug-likeness (QED) is 0.613. The van der Waals surface area contributed by atoms with Crippen LogP contribution in [0, 0.1) is 0 Å². The van der Waals surface area contributed by atoms with Crippen molar-refractivity contribution in [3.05, 3.63) is 59.7 Å². The molecule has 1 unspecified atom stereocenters. The molecule has 0 heterocycles. The van der Waals surface area contributed by atoms with Crippen molar-refractivity contribution in [3.8, 4) is 5.75 Å². The number of alkyl halides is 3. The molecule has 31 heavy (non-hydrogen) atoms. The number of halogens is 3. The average Bonchev–Trinajstić information content (AvgIpc) is 2.69. The maximum Gasteiger partial charge on any atom is 0.416 e. The van der Waals surface area contributed by atoms with Gasteiger partial charge in [0.1, 0.15) is 5.75 Å². The predicted molar refractivity (Wildman–Crippen MR) is 112 cm³/mol. The molecule has 0 fully saturated rings. The van der Waals surface area contributed by atoms with Crippen LogP contribution in [0.2, 0.25) is 0 Å². The number of ether oxygens (including phenoxy) is 1. The van der Waals surface area contributed by atoms with Crippen LogP contribution in [0.1, 0.15) is 36.9 Å². The summed E-state index contributed by atoms with van der Waals surface area (Å²) in [4.78, 5) is 12.3. The lowest BCUT2D eigenvalue weighted by molar-refractivity contribution is -0.137. The molecule has 170 valence electrons. The zero-order valence-corrected chi connectivity index (χ0v) is 18.3. The zero-order chi connectivity index (χ0) is 23.2. The number of hydrogen-bond donors (Lipinski definition) is 1. The SMILES string of the molecule is COc1ccc(C(C)NC(=O)CCCN(c2cccc(C(F)(F)F)c2)S(C)(=O)=O)cc1. The van der Waals surface area contributed by atoms with Gasteiger partial charge < -0.3 is 10.1 Å². The lowest BCUT2D eigenvalue weighted by Gasteiger charge is -2.23. The Morgan fingerprint density at radius 1 is 1.16 bits per heavy atom. The summed E-state index contributed by atoms with van der Waals surface area (Å²) in [5.41, 5.74) is -0.162. The van der Waals surface area contributed by atoms with Crippen molar-refractivity contribution in [1.82, 2.24) is 5.32 Å². The zero-order valence-electron chi connectivity index (χ0n) is 17.4. The van der Waals surface area contributed by atoms with Crippen LogP contribution >= 0.6 is 0 Å². The van der Waals surface area contributed by atoms with Gasteiger partial charge in [-0.25, -0.2) is 8.42 Å². The Hall–Kier alpha value is -2.75. The summed E-state index contributed by atoms with van der Waals surface area (Å²) in [5.74, 6) is 0.401. The Kier molecular flexibility index (Phi) is 7.94. The monoisotopic (exact) mass is 458 g/mol. The first-order valence-electron chi connectivity index (χ1n) is 9.50. The van der Waals surface area contributed by atoms with Crippen LogP contribution in [-0.2, 0) is 21.0 Å². The predicted octanol–water partition coefficient (Wildman–Crippen LogP) is 4.14. The molecule has 0 spiro atoms. The van der Waals surface area contributed by atoms with E-state index in [0.717, 1.165) is 34.3 Å². The Morgan fingerprint density at radius 3 is 2.35 bits per heavy atom. The van der Waals surface area contributed by atoms with Crippen LogP contribution in [0.5, 0.6) is 5.75 Å². The molecule has 6 nitrogen and oxygen atoms in total. The molecule has 1 atom stereocenters. The highest BCUT2D eigenvalue weighted by Crippen LogP contribution is 2.32. The molecule has 2 rings (SSSR count). The Morgan fingerprint density at radius 2 is 1.81 bits per heavy atom. The van der Waals surface area contributed by atoms with Gasteiger partial charge in [-0.3, -0.25) is 9.10 Å². The van der Waals surface area contributed by atoms with Crippen LogP contribution in [0.25, 0.3) is 0 Å². The molecule has 1 N–H and O–H groups in total. The molecular formula is C21H25F3N2O4S. The second kappa shape index (κ2) is 10.0. The summed E-state index contributed by atoms with van der Waals surface area (Å²) in [5, 5.41) is 2.82. The van der Waals surface area contributed by atoms with Gasteiger partial charge in [-0.2, -0.15) is 13.2 Å². The summed E-state index contributed by atoms with van der Waals surface area (Å²) >= 11 is 0. The summed E-state index contributed by atoms with van der Waals surface area (Å²) in [6.45, 7) is 1.69. The van der Waals surface area contributed by atoms with Crippen molar-refractivity contribution in [1.29, 1.82) is 0 Å². The minimum atomic E-state index is -4.59. The number of carbonyl (C=O) groups is 1. The van der Waals surface area contributed by atoms with E-state index in [9.17, 15) is 26.4 Å². The largest absolute Gasteiger partial charge is 0.497 e. The minimum Gasteiger partial charge on any atom is -0.497 e. The normalized spacial score (nSPS) is 12.8. The summed E-state index contributed by atoms with van der Waals surface area (Å²) < 4.78 is 69.1. The van der Waals surface area contributed by atoms with Crippen LogP contribution in [-0.4, -0.2) is 34.2 Å². The third-order valence-electron chi connectivity index (χ3n) is 4.62. The fraction of sp³-hybridized carbons (Fsp3) is 0.381. The van der Waals surface area contributed by atoms with Gasteiger partial charge in [0.25, 0.3) is 0 Å². The van der Waals surface area contributed by atoms with Crippen molar-refractivity contribution in [2.75, 3.05) is 24.2 Å². The third-order valence-corrected chi connectivity index (χ3v) is 5.81. The number of methoxy groups -OCH3 is 1. The third kappa shape index (κ3) is 7.16. The fourth-order valence-electron chi connectivity index (χ4n) is 3.00. The summed E-state index contributed by atoms with van der Waals surface area (Å²) in [7, 11) is -2.27. The molecule has 0 saturated heterocycles. The number of amides is 1. The van der Waals surface area contributed by atoms with Crippen LogP contribution in [0.3, 0.4) is 0 Å². The van der Waals surface area contributed by atoms with E-state index in [1.807, 2.05) is 19.1 Å². The van der Waals surface area contributed by atoms with Gasteiger partial charge in [0.2, 0.25) is 15.9 Å². The molecule has 0 radical (unpaired) electrons. The molecule has 10 heteroatoms. The van der Waals surface area contributed by atoms with E-state index >= 15 is 0 Å². The molecule has 0 aromatic heterocycles. The summed E-state index contributed by atoms with van der Waals surface area (Å²) in [6.07, 6.45) is -3.51. The second-order valence-corrected chi connectivity index (χ2v) is 8.96. The first-order valence-corrected chi connectivity index (χ1v) is 11.3. The average molecular weight is 459 g/mol. The number of anilines is 1. The first-order chi connectivity index (χ1) is 14.4. The van der Waals surface area contributed by atoms with Crippen molar-refractivity contribution >= 4 is 21.6 Å². The maximum absolute atomic E-state index is 13.0. The Bertz CT molecular complexity index is 992. The fourth-order valence-corrected chi connectivity index (χ4v) is 3.95. The molecule has 0 bridgehead atoms. The van der Waals surface area contributed by atoms with E-state index in [4.69, 9.17) is 4.74 Å². The molecule has 0 saturated carbocycles. The van der Waals surface area contributed by atoms with Crippen molar-refractivity contribution < 1.29 is 31.1 Å². The highest BCUT2D eigenvalue weighted by molar-refractivity contribution is 7.92. The number of hydrogen-bond acceptors (Lipinski definition) is 4. The molecule has 2 aromatic rings. The van der Waals surface area contributed by atoms with E-state index in [1.54, 1.807) is 19.2 Å². The van der Waals surface area contributed by atoms with Crippen LogP contribution < -0.4 is 14.4 Å². The summed E-state index contributed by atoms with van der Waals surface area (Å²) in [6, 6.07) is 11.0. The lowest BCUT2D eigenvalue weighted by atomic mass is 10.1. The molecule has 2 aromatic carbocycles. The first kappa shape index (κ1) is 24.5. The van der Waals surface area contributed by atoms with Gasteiger partial charge in [0, 0.05) is 13.0 Å². The van der Waals surface area contributed by atoms with E-state index in [0.29, 0.717) is 5.75 Å². The van der Waals surface area contributed by atoms with Gasteiger partial charge in [0.15, 0.2) is 0 Å². The number of rotatable bonds is 9. The number of nitrogens with one attached hydrogen (secondary N) is 1. The van der Waals surface area contributed by atoms with Crippen molar-refractivity contribution in [3.63, 3.8) is 0 Å². The van der Waals surface area contributed by atoms with Crippen molar-refractivity contribution in [2.45, 2.75) is 32.0 Å². The van der Waals surface area contributed by atoms with Gasteiger partial charge in [-0.1, -0.05) is 18.2 Å². The van der Waals surface area contributed by atoms with Gasteiger partial charge >= 0.3 is 6.18 Å². The highest BCUT2D eigenvalue weighted by atomic mass is 32.2. The second-order valence-electron chi connectivity index (χ2n) is 7.05. The lowest BCUT2D eigenvalue weighted by Crippen LogP contribution is -2.32. The van der Waals surface area contributed by atoms with Gasteiger partial charge in [0.05, 0.1) is 30.7 Å². The van der Waals surface area contributed by atoms with E-state index in [-0.39, 0.29) is 37.0 Å². The van der Waals surface area contributed by atoms with E-state index in [1.165, 1.54) is 6.07 Å². The topological polar surface area (TPSA) is 75.7 Å². The van der Waals surface area contributed by atoms with Crippen LogP contribution in [0.4, 0.5) is 18.9 Å². The molecule has 1 amide bonds. The number of benzene rings is 2. The molecular weight excluding hydrogens is 433 g/mol. The Labute approximate surface area is 180 Å². The van der Waals surface area contributed by atoms with Gasteiger partial charge in [-0.05, 0) is 49.2 Å². The van der Waals surface area contributed by atoms with Gasteiger partial charge in [-0.15, -0.1) is 0 Å². The number of nitrogens with zero attached hydrogens (tertiary/aromatic N) is 1. The number of carbonyl (C=O) groups excluding carboxylic acids is 1.